The monoisotopic (exact) mass is 218 g/mol. The van der Waals surface area contributed by atoms with Crippen LogP contribution in [-0.2, 0) is 6.54 Å². The molecule has 4 nitrogen and oxygen atoms in total. The molecule has 0 aromatic carbocycles. The maximum Gasteiger partial charge on any atom is 0.226 e. The molecule has 0 aliphatic carbocycles. The molecule has 86 valence electrons. The van der Waals surface area contributed by atoms with Crippen molar-refractivity contribution >= 4 is 5.95 Å². The first kappa shape index (κ1) is 12.4. The molecule has 2 N–H and O–H groups in total. The van der Waals surface area contributed by atoms with Gasteiger partial charge in [0.05, 0.1) is 0 Å². The summed E-state index contributed by atoms with van der Waals surface area (Å²) in [7, 11) is 0. The van der Waals surface area contributed by atoms with Gasteiger partial charge in [0.25, 0.3) is 0 Å². The summed E-state index contributed by atoms with van der Waals surface area (Å²) in [6.07, 6.45) is 5.41. The van der Waals surface area contributed by atoms with E-state index in [-0.39, 0.29) is 0 Å². The maximum absolute atomic E-state index is 5.57. The Morgan fingerprint density at radius 2 is 2.00 bits per heavy atom. The van der Waals surface area contributed by atoms with E-state index in [9.17, 15) is 0 Å². The van der Waals surface area contributed by atoms with E-state index in [1.807, 2.05) is 24.0 Å². The van der Waals surface area contributed by atoms with E-state index in [2.05, 4.69) is 23.1 Å². The van der Waals surface area contributed by atoms with Crippen LogP contribution in [0.4, 0.5) is 5.95 Å². The van der Waals surface area contributed by atoms with E-state index < -0.39 is 0 Å². The third kappa shape index (κ3) is 2.90. The van der Waals surface area contributed by atoms with Crippen LogP contribution < -0.4 is 10.6 Å². The highest BCUT2D eigenvalue weighted by atomic mass is 15.2. The van der Waals surface area contributed by atoms with Gasteiger partial charge in [-0.15, -0.1) is 13.2 Å². The molecule has 0 radical (unpaired) electrons. The molecule has 0 aliphatic heterocycles. The highest BCUT2D eigenvalue weighted by molar-refractivity contribution is 5.34. The first-order valence-corrected chi connectivity index (χ1v) is 5.22. The Bertz CT molecular complexity index is 363. The van der Waals surface area contributed by atoms with Gasteiger partial charge in [-0.05, 0) is 6.92 Å². The number of nitrogens with two attached hydrogens (primary N) is 1. The van der Waals surface area contributed by atoms with Gasteiger partial charge < -0.3 is 10.6 Å². The van der Waals surface area contributed by atoms with Crippen molar-refractivity contribution < 1.29 is 0 Å². The second-order valence-corrected chi connectivity index (χ2v) is 3.47. The Hall–Kier alpha value is -1.68. The lowest BCUT2D eigenvalue weighted by Crippen LogP contribution is -2.25. The Labute approximate surface area is 96.5 Å². The lowest BCUT2D eigenvalue weighted by molar-refractivity contribution is 0.863. The summed E-state index contributed by atoms with van der Waals surface area (Å²) >= 11 is 0. The van der Waals surface area contributed by atoms with Crippen LogP contribution in [0.5, 0.6) is 0 Å². The fraction of sp³-hybridized carbons (Fsp3) is 0.333. The third-order valence-electron chi connectivity index (χ3n) is 2.27. The van der Waals surface area contributed by atoms with E-state index in [1.165, 1.54) is 0 Å². The SMILES string of the molecule is C=CCN(CC=C)c1ncc(CN)c(C)n1. The van der Waals surface area contributed by atoms with Crippen molar-refractivity contribution in [3.8, 4) is 0 Å². The van der Waals surface area contributed by atoms with Crippen LogP contribution in [0.15, 0.2) is 31.5 Å². The highest BCUT2D eigenvalue weighted by Gasteiger charge is 2.08. The van der Waals surface area contributed by atoms with E-state index >= 15 is 0 Å². The maximum atomic E-state index is 5.57. The molecule has 0 bridgehead atoms. The van der Waals surface area contributed by atoms with Gasteiger partial charge in [-0.1, -0.05) is 12.2 Å². The molecule has 4 heteroatoms. The molecule has 0 atom stereocenters. The second kappa shape index (κ2) is 6.02. The minimum atomic E-state index is 0.467. The van der Waals surface area contributed by atoms with Crippen molar-refractivity contribution in [3.05, 3.63) is 42.8 Å². The molecule has 0 fully saturated rings. The van der Waals surface area contributed by atoms with Crippen molar-refractivity contribution in [2.45, 2.75) is 13.5 Å². The van der Waals surface area contributed by atoms with Crippen molar-refractivity contribution in [2.24, 2.45) is 5.73 Å². The van der Waals surface area contributed by atoms with Crippen LogP contribution >= 0.6 is 0 Å². The Morgan fingerprint density at radius 1 is 1.38 bits per heavy atom. The van der Waals surface area contributed by atoms with Gasteiger partial charge >= 0.3 is 0 Å². The average molecular weight is 218 g/mol. The first-order valence-electron chi connectivity index (χ1n) is 5.22. The number of nitrogens with zero attached hydrogens (tertiary/aromatic N) is 3. The normalized spacial score (nSPS) is 9.88. The molecular formula is C12H18N4. The van der Waals surface area contributed by atoms with Gasteiger partial charge in [-0.3, -0.25) is 0 Å². The highest BCUT2D eigenvalue weighted by Crippen LogP contribution is 2.10. The quantitative estimate of drug-likeness (QED) is 0.734. The van der Waals surface area contributed by atoms with Gasteiger partial charge in [0.2, 0.25) is 5.95 Å². The summed E-state index contributed by atoms with van der Waals surface area (Å²) in [5, 5.41) is 0. The molecule has 1 aromatic heterocycles. The largest absolute Gasteiger partial charge is 0.333 e. The lowest BCUT2D eigenvalue weighted by Gasteiger charge is -2.19. The summed E-state index contributed by atoms with van der Waals surface area (Å²) in [6, 6.07) is 0. The topological polar surface area (TPSA) is 55.0 Å². The summed E-state index contributed by atoms with van der Waals surface area (Å²) in [5.74, 6) is 0.689. The van der Waals surface area contributed by atoms with Gasteiger partial charge in [-0.25, -0.2) is 9.97 Å². The third-order valence-corrected chi connectivity index (χ3v) is 2.27. The molecule has 0 amide bonds. The molecule has 16 heavy (non-hydrogen) atoms. The number of hydrogen-bond acceptors (Lipinski definition) is 4. The van der Waals surface area contributed by atoms with Gasteiger partial charge in [0, 0.05) is 37.1 Å². The van der Waals surface area contributed by atoms with Gasteiger partial charge in [-0.2, -0.15) is 0 Å². The molecule has 0 saturated heterocycles. The fourth-order valence-electron chi connectivity index (χ4n) is 1.38. The van der Waals surface area contributed by atoms with Crippen molar-refractivity contribution in [1.82, 2.24) is 9.97 Å². The van der Waals surface area contributed by atoms with Crippen LogP contribution in [0.25, 0.3) is 0 Å². The Kier molecular flexibility index (Phi) is 4.66. The predicted molar refractivity (Wildman–Crippen MR) is 67.3 cm³/mol. The predicted octanol–water partition coefficient (Wildman–Crippen LogP) is 1.42. The molecule has 0 unspecified atom stereocenters. The van der Waals surface area contributed by atoms with E-state index in [0.29, 0.717) is 25.6 Å². The smallest absolute Gasteiger partial charge is 0.226 e. The van der Waals surface area contributed by atoms with Crippen LogP contribution in [-0.4, -0.2) is 23.1 Å². The number of aromatic nitrogens is 2. The Morgan fingerprint density at radius 3 is 2.44 bits per heavy atom. The summed E-state index contributed by atoms with van der Waals surface area (Å²) < 4.78 is 0. The van der Waals surface area contributed by atoms with Crippen molar-refractivity contribution in [3.63, 3.8) is 0 Å². The van der Waals surface area contributed by atoms with Gasteiger partial charge in [0.1, 0.15) is 0 Å². The van der Waals surface area contributed by atoms with Gasteiger partial charge in [0.15, 0.2) is 0 Å². The van der Waals surface area contributed by atoms with E-state index in [1.54, 1.807) is 6.20 Å². The second-order valence-electron chi connectivity index (χ2n) is 3.47. The standard InChI is InChI=1S/C12H18N4/c1-4-6-16(7-5-2)12-14-9-11(8-13)10(3)15-12/h4-5,9H,1-2,6-8,13H2,3H3. The fourth-order valence-corrected chi connectivity index (χ4v) is 1.38. The first-order chi connectivity index (χ1) is 7.72. The number of rotatable bonds is 6. The molecule has 0 aliphatic rings. The zero-order valence-electron chi connectivity index (χ0n) is 9.69. The number of anilines is 1. The number of aryl methyl sites for hydroxylation is 1. The summed E-state index contributed by atoms with van der Waals surface area (Å²) in [6.45, 7) is 11.2. The molecule has 0 saturated carbocycles. The van der Waals surface area contributed by atoms with Crippen LogP contribution in [0.2, 0.25) is 0 Å². The molecule has 0 spiro atoms. The minimum Gasteiger partial charge on any atom is -0.333 e. The van der Waals surface area contributed by atoms with Crippen LogP contribution in [0.1, 0.15) is 11.3 Å². The lowest BCUT2D eigenvalue weighted by atomic mass is 10.2. The average Bonchev–Trinajstić information content (AvgIpc) is 2.28. The van der Waals surface area contributed by atoms with E-state index in [4.69, 9.17) is 5.73 Å². The van der Waals surface area contributed by atoms with Crippen molar-refractivity contribution in [2.75, 3.05) is 18.0 Å². The van der Waals surface area contributed by atoms with Crippen LogP contribution in [0, 0.1) is 6.92 Å². The Balaban J connectivity index is 2.95. The van der Waals surface area contributed by atoms with Crippen LogP contribution in [0.3, 0.4) is 0 Å². The zero-order valence-corrected chi connectivity index (χ0v) is 9.69. The number of hydrogen-bond donors (Lipinski definition) is 1. The summed E-state index contributed by atoms with van der Waals surface area (Å²) in [4.78, 5) is 10.7. The zero-order chi connectivity index (χ0) is 12.0. The molecule has 1 rings (SSSR count). The molecule has 1 aromatic rings. The van der Waals surface area contributed by atoms with Crippen molar-refractivity contribution in [1.29, 1.82) is 0 Å². The molecule has 1 heterocycles. The summed E-state index contributed by atoms with van der Waals surface area (Å²) in [5.41, 5.74) is 7.46. The van der Waals surface area contributed by atoms with E-state index in [0.717, 1.165) is 11.3 Å². The molecular weight excluding hydrogens is 200 g/mol. The minimum absolute atomic E-state index is 0.467.